The van der Waals surface area contributed by atoms with Gasteiger partial charge in [0.1, 0.15) is 23.5 Å². The number of anilines is 2. The fourth-order valence-electron chi connectivity index (χ4n) is 3.48. The first kappa shape index (κ1) is 31.9. The fraction of sp³-hybridized carbons (Fsp3) is 0.393. The summed E-state index contributed by atoms with van der Waals surface area (Å²) in [5.41, 5.74) is 1.32. The summed E-state index contributed by atoms with van der Waals surface area (Å²) < 4.78 is 11.7. The first-order valence-electron chi connectivity index (χ1n) is 12.5. The molecule has 12 heteroatoms. The first-order chi connectivity index (χ1) is 18.8. The average Bonchev–Trinajstić information content (AvgIpc) is 2.87. The van der Waals surface area contributed by atoms with E-state index in [4.69, 9.17) is 9.47 Å². The largest absolute Gasteiger partial charge is 0.442 e. The number of carbonyl (C=O) groups is 3. The van der Waals surface area contributed by atoms with Crippen molar-refractivity contribution in [3.8, 4) is 12.1 Å². The molecule has 2 aromatic rings. The summed E-state index contributed by atoms with van der Waals surface area (Å²) >= 11 is 3.25. The molecule has 0 heterocycles. The molecule has 0 radical (unpaired) electrons. The monoisotopic (exact) mass is 610 g/mol. The van der Waals surface area contributed by atoms with Crippen molar-refractivity contribution in [1.29, 1.82) is 10.5 Å². The van der Waals surface area contributed by atoms with E-state index in [0.29, 0.717) is 10.2 Å². The minimum atomic E-state index is -0.840. The van der Waals surface area contributed by atoms with E-state index in [1.165, 1.54) is 13.0 Å². The molecular weight excluding hydrogens is 580 g/mol. The molecule has 2 rings (SSSR count). The number of ether oxygens (including phenoxy) is 2. The molecule has 2 aromatic carbocycles. The van der Waals surface area contributed by atoms with Crippen LogP contribution in [0.15, 0.2) is 45.0 Å². The summed E-state index contributed by atoms with van der Waals surface area (Å²) in [5, 5.41) is 30.0. The van der Waals surface area contributed by atoms with Crippen LogP contribution in [0.1, 0.15) is 59.6 Å². The Morgan fingerprint density at radius 1 is 0.850 bits per heavy atom. The van der Waals surface area contributed by atoms with E-state index in [9.17, 15) is 24.9 Å². The zero-order valence-corrected chi connectivity index (χ0v) is 24.9. The van der Waals surface area contributed by atoms with Gasteiger partial charge in [0.25, 0.3) is 0 Å². The van der Waals surface area contributed by atoms with Gasteiger partial charge in [0, 0.05) is 17.1 Å². The predicted molar refractivity (Wildman–Crippen MR) is 152 cm³/mol. The Morgan fingerprint density at radius 3 is 1.82 bits per heavy atom. The summed E-state index contributed by atoms with van der Waals surface area (Å²) in [6.45, 7) is 11.5. The number of nitriles is 2. The normalized spacial score (nSPS) is 12.4. The fourth-order valence-corrected chi connectivity index (χ4v) is 3.90. The number of benzene rings is 2. The van der Waals surface area contributed by atoms with Gasteiger partial charge in [-0.1, -0.05) is 27.7 Å². The van der Waals surface area contributed by atoms with E-state index in [1.807, 2.05) is 12.1 Å². The van der Waals surface area contributed by atoms with Gasteiger partial charge >= 0.3 is 11.9 Å². The summed E-state index contributed by atoms with van der Waals surface area (Å²) in [6.07, 6.45) is -1.68. The first-order valence-corrected chi connectivity index (χ1v) is 13.2. The second-order valence-corrected chi connectivity index (χ2v) is 10.3. The molecule has 0 aliphatic rings. The molecule has 0 aliphatic heterocycles. The van der Waals surface area contributed by atoms with Gasteiger partial charge in [0.2, 0.25) is 5.91 Å². The Balaban J connectivity index is 2.59. The summed E-state index contributed by atoms with van der Waals surface area (Å²) in [4.78, 5) is 38.3. The van der Waals surface area contributed by atoms with Crippen molar-refractivity contribution < 1.29 is 23.9 Å². The average molecular weight is 611 g/mol. The van der Waals surface area contributed by atoms with Crippen molar-refractivity contribution in [3.05, 3.63) is 45.9 Å². The highest BCUT2D eigenvalue weighted by Crippen LogP contribution is 2.35. The van der Waals surface area contributed by atoms with Crippen molar-refractivity contribution in [2.24, 2.45) is 22.1 Å². The maximum absolute atomic E-state index is 12.4. The molecule has 1 N–H and O–H groups in total. The van der Waals surface area contributed by atoms with E-state index in [2.05, 4.69) is 31.5 Å². The quantitative estimate of drug-likeness (QED) is 0.182. The number of halogens is 1. The third-order valence-electron chi connectivity index (χ3n) is 5.51. The maximum atomic E-state index is 12.4. The van der Waals surface area contributed by atoms with E-state index in [0.717, 1.165) is 0 Å². The van der Waals surface area contributed by atoms with Gasteiger partial charge < -0.3 is 19.7 Å². The second kappa shape index (κ2) is 14.2. The number of hydrogen-bond acceptors (Lipinski definition) is 10. The van der Waals surface area contributed by atoms with Gasteiger partial charge in [-0.2, -0.15) is 10.5 Å². The lowest BCUT2D eigenvalue weighted by Crippen LogP contribution is -2.46. The predicted octanol–water partition coefficient (Wildman–Crippen LogP) is 6.46. The summed E-state index contributed by atoms with van der Waals surface area (Å²) in [5.74, 6) is -2.02. The molecule has 11 nitrogen and oxygen atoms in total. The van der Waals surface area contributed by atoms with Crippen molar-refractivity contribution in [2.75, 3.05) is 10.2 Å². The van der Waals surface area contributed by atoms with Crippen LogP contribution >= 0.6 is 15.9 Å². The number of nitrogens with zero attached hydrogens (tertiary/aromatic N) is 5. The molecular formula is C28H31BrN6O5. The highest BCUT2D eigenvalue weighted by atomic mass is 79.9. The number of azo groups is 1. The van der Waals surface area contributed by atoms with Crippen LogP contribution in [-0.2, 0) is 23.9 Å². The van der Waals surface area contributed by atoms with Crippen LogP contribution < -0.4 is 10.2 Å². The number of nitrogens with one attached hydrogen (secondary N) is 1. The van der Waals surface area contributed by atoms with Gasteiger partial charge in [0.15, 0.2) is 12.5 Å². The third kappa shape index (κ3) is 8.10. The van der Waals surface area contributed by atoms with Crippen molar-refractivity contribution in [3.63, 3.8) is 0 Å². The zero-order chi connectivity index (χ0) is 30.1. The molecule has 0 aliphatic carbocycles. The highest BCUT2D eigenvalue weighted by Gasteiger charge is 2.28. The number of amides is 1. The van der Waals surface area contributed by atoms with Crippen LogP contribution in [0.4, 0.5) is 22.7 Å². The molecule has 0 aromatic heterocycles. The number of hydrogen-bond donors (Lipinski definition) is 1. The molecule has 0 saturated carbocycles. The van der Waals surface area contributed by atoms with Crippen LogP contribution in [-0.4, -0.2) is 30.3 Å². The Labute approximate surface area is 241 Å². The third-order valence-corrected chi connectivity index (χ3v) is 6.17. The van der Waals surface area contributed by atoms with E-state index >= 15 is 0 Å². The molecule has 0 spiro atoms. The van der Waals surface area contributed by atoms with Crippen LogP contribution in [0, 0.1) is 34.5 Å². The van der Waals surface area contributed by atoms with E-state index in [1.54, 1.807) is 70.7 Å². The van der Waals surface area contributed by atoms with Crippen molar-refractivity contribution >= 4 is 56.5 Å². The van der Waals surface area contributed by atoms with Crippen LogP contribution in [0.2, 0.25) is 0 Å². The number of rotatable bonds is 10. The standard InChI is InChI=1S/C28H31BrN6O5/c1-15(2)27(37)39-18(6)35(19(7)40-28(38)16(3)4)20-8-10-25(26(12-20)32-17(5)36)34-33-24-11-9-23(29)21(13-30)22(24)14-31/h8-12,15-16,18-19H,1-7H3,(H,32,36). The minimum Gasteiger partial charge on any atom is -0.442 e. The molecule has 40 heavy (non-hydrogen) atoms. The Hall–Kier alpha value is -4.29. The van der Waals surface area contributed by atoms with Gasteiger partial charge in [-0.05, 0) is 60.1 Å². The van der Waals surface area contributed by atoms with Gasteiger partial charge in [-0.3, -0.25) is 14.4 Å². The number of esters is 2. The second-order valence-electron chi connectivity index (χ2n) is 9.41. The Morgan fingerprint density at radius 2 is 1.35 bits per heavy atom. The van der Waals surface area contributed by atoms with Crippen LogP contribution in [0.3, 0.4) is 0 Å². The molecule has 0 bridgehead atoms. The number of carbonyl (C=O) groups excluding carboxylic acids is 3. The lowest BCUT2D eigenvalue weighted by Gasteiger charge is -2.36. The summed E-state index contributed by atoms with van der Waals surface area (Å²) in [6, 6.07) is 11.9. The Bertz CT molecular complexity index is 1360. The Kier molecular flexibility index (Phi) is 11.3. The van der Waals surface area contributed by atoms with Gasteiger partial charge in [-0.25, -0.2) is 0 Å². The molecule has 1 amide bonds. The lowest BCUT2D eigenvalue weighted by atomic mass is 10.1. The molecule has 2 unspecified atom stereocenters. The minimum absolute atomic E-state index is 0.0473. The van der Waals surface area contributed by atoms with E-state index < -0.39 is 24.4 Å². The van der Waals surface area contributed by atoms with Crippen LogP contribution in [0.25, 0.3) is 0 Å². The SMILES string of the molecule is CC(=O)Nc1cc(N(C(C)OC(=O)C(C)C)C(C)OC(=O)C(C)C)ccc1N=Nc1ccc(Br)c(C#N)c1C#N. The smallest absolute Gasteiger partial charge is 0.310 e. The van der Waals surface area contributed by atoms with E-state index in [-0.39, 0.29) is 45.9 Å². The maximum Gasteiger partial charge on any atom is 0.310 e. The topological polar surface area (TPSA) is 157 Å². The van der Waals surface area contributed by atoms with Crippen LogP contribution in [0.5, 0.6) is 0 Å². The lowest BCUT2D eigenvalue weighted by molar-refractivity contribution is -0.157. The molecule has 210 valence electrons. The molecule has 2 atom stereocenters. The molecule has 0 fully saturated rings. The zero-order valence-electron chi connectivity index (χ0n) is 23.4. The van der Waals surface area contributed by atoms with Gasteiger partial charge in [0.05, 0.1) is 28.7 Å². The summed E-state index contributed by atoms with van der Waals surface area (Å²) in [7, 11) is 0. The van der Waals surface area contributed by atoms with Crippen molar-refractivity contribution in [2.45, 2.75) is 60.9 Å². The molecule has 0 saturated heterocycles. The van der Waals surface area contributed by atoms with Crippen molar-refractivity contribution in [1.82, 2.24) is 0 Å². The van der Waals surface area contributed by atoms with Gasteiger partial charge in [-0.15, -0.1) is 10.2 Å². The highest BCUT2D eigenvalue weighted by molar-refractivity contribution is 9.10.